The van der Waals surface area contributed by atoms with Gasteiger partial charge in [0.2, 0.25) is 0 Å². The smallest absolute Gasteiger partial charge is 0.153 e. The second-order valence-corrected chi connectivity index (χ2v) is 10.2. The Labute approximate surface area is 135 Å². The van der Waals surface area contributed by atoms with Crippen molar-refractivity contribution in [2.75, 3.05) is 5.75 Å². The van der Waals surface area contributed by atoms with Crippen molar-refractivity contribution in [3.05, 3.63) is 0 Å². The van der Waals surface area contributed by atoms with Crippen LogP contribution in [-0.2, 0) is 9.84 Å². The van der Waals surface area contributed by atoms with E-state index in [0.717, 1.165) is 32.1 Å². The van der Waals surface area contributed by atoms with E-state index in [4.69, 9.17) is 0 Å². The number of aliphatic hydroxyl groups is 1. The summed E-state index contributed by atoms with van der Waals surface area (Å²) >= 11 is 0. The Balaban J connectivity index is 1.95. The third kappa shape index (κ3) is 3.10. The summed E-state index contributed by atoms with van der Waals surface area (Å²) in [7, 11) is -3.05. The zero-order valence-corrected chi connectivity index (χ0v) is 14.7. The SMILES string of the molecule is CC[C@@H]1CS(=O)(=O)C2CCCCC2[C@@H](C2CCCCC2)[C@H]1O. The zero-order valence-electron chi connectivity index (χ0n) is 13.9. The normalized spacial score (nSPS) is 43.3. The highest BCUT2D eigenvalue weighted by atomic mass is 32.2. The molecule has 1 saturated heterocycles. The van der Waals surface area contributed by atoms with E-state index in [1.165, 1.54) is 32.1 Å². The van der Waals surface area contributed by atoms with E-state index in [0.29, 0.717) is 5.92 Å². The van der Waals surface area contributed by atoms with E-state index in [2.05, 4.69) is 0 Å². The molecule has 0 aromatic rings. The van der Waals surface area contributed by atoms with Gasteiger partial charge >= 0.3 is 0 Å². The molecule has 1 aliphatic heterocycles. The van der Waals surface area contributed by atoms with Crippen molar-refractivity contribution in [1.82, 2.24) is 0 Å². The molecular formula is C18H32O3S. The molecule has 3 fully saturated rings. The van der Waals surface area contributed by atoms with Crippen LogP contribution in [0.5, 0.6) is 0 Å². The van der Waals surface area contributed by atoms with E-state index < -0.39 is 15.9 Å². The minimum absolute atomic E-state index is 0.0532. The molecule has 1 heterocycles. The number of hydrogen-bond acceptors (Lipinski definition) is 3. The lowest BCUT2D eigenvalue weighted by Gasteiger charge is -2.42. The average molecular weight is 329 g/mol. The molecular weight excluding hydrogens is 296 g/mol. The second-order valence-electron chi connectivity index (χ2n) is 7.95. The van der Waals surface area contributed by atoms with Crippen molar-refractivity contribution in [2.24, 2.45) is 23.7 Å². The Morgan fingerprint density at radius 3 is 2.27 bits per heavy atom. The van der Waals surface area contributed by atoms with E-state index in [1.54, 1.807) is 0 Å². The zero-order chi connectivity index (χ0) is 15.7. The Morgan fingerprint density at radius 2 is 1.59 bits per heavy atom. The van der Waals surface area contributed by atoms with Gasteiger partial charge in [0, 0.05) is 0 Å². The van der Waals surface area contributed by atoms with Crippen LogP contribution in [0.2, 0.25) is 0 Å². The molecule has 128 valence electrons. The summed E-state index contributed by atoms with van der Waals surface area (Å²) in [5.74, 6) is 1.16. The molecule has 5 atom stereocenters. The quantitative estimate of drug-likeness (QED) is 0.843. The summed E-state index contributed by atoms with van der Waals surface area (Å²) in [6.45, 7) is 2.04. The Kier molecular flexibility index (Phi) is 5.18. The fraction of sp³-hybridized carbons (Fsp3) is 1.00. The Hall–Kier alpha value is -0.0900. The van der Waals surface area contributed by atoms with Gasteiger partial charge in [0.25, 0.3) is 0 Å². The maximum Gasteiger partial charge on any atom is 0.153 e. The van der Waals surface area contributed by atoms with Crippen LogP contribution < -0.4 is 0 Å². The van der Waals surface area contributed by atoms with Crippen LogP contribution in [-0.4, -0.2) is 30.6 Å². The van der Waals surface area contributed by atoms with E-state index >= 15 is 0 Å². The lowest BCUT2D eigenvalue weighted by Crippen LogP contribution is -2.43. The molecule has 22 heavy (non-hydrogen) atoms. The van der Waals surface area contributed by atoms with Crippen molar-refractivity contribution in [3.8, 4) is 0 Å². The third-order valence-electron chi connectivity index (χ3n) is 6.75. The molecule has 2 aliphatic carbocycles. The first-order valence-electron chi connectivity index (χ1n) is 9.44. The second kappa shape index (κ2) is 6.80. The van der Waals surface area contributed by atoms with Crippen molar-refractivity contribution >= 4 is 9.84 Å². The predicted octanol–water partition coefficient (Wildman–Crippen LogP) is 3.56. The summed E-state index contributed by atoms with van der Waals surface area (Å²) in [4.78, 5) is 0. The number of rotatable bonds is 2. The topological polar surface area (TPSA) is 54.4 Å². The molecule has 1 N–H and O–H groups in total. The maximum absolute atomic E-state index is 12.9. The molecule has 0 spiro atoms. The molecule has 3 nitrogen and oxygen atoms in total. The van der Waals surface area contributed by atoms with Crippen molar-refractivity contribution < 1.29 is 13.5 Å². The lowest BCUT2D eigenvalue weighted by molar-refractivity contribution is -0.0153. The highest BCUT2D eigenvalue weighted by Gasteiger charge is 2.50. The third-order valence-corrected chi connectivity index (χ3v) is 9.15. The van der Waals surface area contributed by atoms with Gasteiger partial charge < -0.3 is 5.11 Å². The van der Waals surface area contributed by atoms with Crippen molar-refractivity contribution in [2.45, 2.75) is 82.5 Å². The summed E-state index contributed by atoms with van der Waals surface area (Å²) < 4.78 is 25.7. The van der Waals surface area contributed by atoms with Crippen LogP contribution in [0.15, 0.2) is 0 Å². The highest BCUT2D eigenvalue weighted by molar-refractivity contribution is 7.92. The van der Waals surface area contributed by atoms with Gasteiger partial charge in [0.1, 0.15) is 0 Å². The van der Waals surface area contributed by atoms with E-state index in [9.17, 15) is 13.5 Å². The Morgan fingerprint density at radius 1 is 0.955 bits per heavy atom. The molecule has 2 unspecified atom stereocenters. The van der Waals surface area contributed by atoms with Crippen molar-refractivity contribution in [1.29, 1.82) is 0 Å². The molecule has 3 rings (SSSR count). The summed E-state index contributed by atoms with van der Waals surface area (Å²) in [5.41, 5.74) is 0. The van der Waals surface area contributed by atoms with Gasteiger partial charge in [-0.1, -0.05) is 51.9 Å². The van der Waals surface area contributed by atoms with Gasteiger partial charge in [-0.3, -0.25) is 0 Å². The highest BCUT2D eigenvalue weighted by Crippen LogP contribution is 2.47. The van der Waals surface area contributed by atoms with E-state index in [-0.39, 0.29) is 28.8 Å². The van der Waals surface area contributed by atoms with Gasteiger partial charge in [-0.2, -0.15) is 0 Å². The van der Waals surface area contributed by atoms with E-state index in [1.807, 2.05) is 6.92 Å². The van der Waals surface area contributed by atoms with Crippen LogP contribution in [0.1, 0.15) is 71.1 Å². The lowest BCUT2D eigenvalue weighted by atomic mass is 9.65. The van der Waals surface area contributed by atoms with Gasteiger partial charge in [-0.25, -0.2) is 8.42 Å². The standard InChI is InChI=1S/C18H32O3S/c1-2-13-12-22(20,21)16-11-7-6-10-15(16)17(18(13)19)14-8-4-3-5-9-14/h13-19H,2-12H2,1H3/t13-,15?,16?,17-,18+/m1/s1. The van der Waals surface area contributed by atoms with Gasteiger partial charge in [0.15, 0.2) is 9.84 Å². The molecule has 0 amide bonds. The summed E-state index contributed by atoms with van der Waals surface area (Å²) in [5, 5.41) is 10.9. The fourth-order valence-electron chi connectivity index (χ4n) is 5.61. The first kappa shape index (κ1) is 16.8. The van der Waals surface area contributed by atoms with Crippen LogP contribution >= 0.6 is 0 Å². The molecule has 0 aromatic heterocycles. The maximum atomic E-state index is 12.9. The molecule has 0 bridgehead atoms. The van der Waals surface area contributed by atoms with Crippen LogP contribution in [0.4, 0.5) is 0 Å². The number of hydrogen-bond donors (Lipinski definition) is 1. The minimum atomic E-state index is -3.05. The summed E-state index contributed by atoms with van der Waals surface area (Å²) in [6, 6.07) is 0. The van der Waals surface area contributed by atoms with Gasteiger partial charge in [-0.05, 0) is 42.9 Å². The van der Waals surface area contributed by atoms with Crippen LogP contribution in [0, 0.1) is 23.7 Å². The minimum Gasteiger partial charge on any atom is -0.392 e. The van der Waals surface area contributed by atoms with Crippen LogP contribution in [0.25, 0.3) is 0 Å². The largest absolute Gasteiger partial charge is 0.392 e. The molecule has 0 radical (unpaired) electrons. The van der Waals surface area contributed by atoms with Crippen LogP contribution in [0.3, 0.4) is 0 Å². The summed E-state index contributed by atoms with van der Waals surface area (Å²) in [6.07, 6.45) is 10.6. The molecule has 2 saturated carbocycles. The van der Waals surface area contributed by atoms with Gasteiger partial charge in [-0.15, -0.1) is 0 Å². The molecule has 0 aromatic carbocycles. The first-order valence-corrected chi connectivity index (χ1v) is 11.2. The first-order chi connectivity index (χ1) is 10.5. The predicted molar refractivity (Wildman–Crippen MR) is 89.4 cm³/mol. The fourth-order valence-corrected chi connectivity index (χ4v) is 8.26. The average Bonchev–Trinajstić information content (AvgIpc) is 2.62. The molecule has 3 aliphatic rings. The Bertz CT molecular complexity index is 467. The molecule has 4 heteroatoms. The van der Waals surface area contributed by atoms with Crippen molar-refractivity contribution in [3.63, 3.8) is 0 Å². The monoisotopic (exact) mass is 328 g/mol. The number of fused-ring (bicyclic) bond motifs is 1. The number of sulfone groups is 1. The number of aliphatic hydroxyl groups excluding tert-OH is 1. The van der Waals surface area contributed by atoms with Gasteiger partial charge in [0.05, 0.1) is 17.1 Å².